The normalized spacial score (nSPS) is 18.1. The second kappa shape index (κ2) is 5.48. The monoisotopic (exact) mass is 247 g/mol. The van der Waals surface area contributed by atoms with Crippen molar-refractivity contribution < 1.29 is 4.79 Å². The Morgan fingerprint density at radius 2 is 2.39 bits per heavy atom. The Bertz CT molecular complexity index is 433. The number of nitrogens with zero attached hydrogens (tertiary/aromatic N) is 2. The van der Waals surface area contributed by atoms with E-state index in [0.29, 0.717) is 6.54 Å². The molecule has 1 aliphatic rings. The minimum absolute atomic E-state index is 0.0684. The third kappa shape index (κ3) is 2.53. The fourth-order valence-electron chi connectivity index (χ4n) is 2.26. The number of pyridine rings is 1. The van der Waals surface area contributed by atoms with Gasteiger partial charge >= 0.3 is 0 Å². The van der Waals surface area contributed by atoms with E-state index in [0.717, 1.165) is 30.6 Å². The molecule has 2 atom stereocenters. The van der Waals surface area contributed by atoms with Gasteiger partial charge in [0.2, 0.25) is 5.91 Å². The van der Waals surface area contributed by atoms with Gasteiger partial charge < -0.3 is 10.6 Å². The first-order valence-electron chi connectivity index (χ1n) is 6.60. The van der Waals surface area contributed by atoms with Crippen LogP contribution in [-0.4, -0.2) is 28.4 Å². The molecule has 1 unspecified atom stereocenters. The van der Waals surface area contributed by atoms with Gasteiger partial charge in [-0.25, -0.2) is 0 Å². The molecule has 0 saturated heterocycles. The van der Waals surface area contributed by atoms with Crippen molar-refractivity contribution in [3.05, 3.63) is 29.6 Å². The fraction of sp³-hybridized carbons (Fsp3) is 0.571. The van der Waals surface area contributed by atoms with Crippen molar-refractivity contribution in [1.82, 2.24) is 9.88 Å². The van der Waals surface area contributed by atoms with E-state index < -0.39 is 0 Å². The van der Waals surface area contributed by atoms with Gasteiger partial charge in [-0.05, 0) is 17.5 Å². The third-order valence-electron chi connectivity index (χ3n) is 3.82. The highest BCUT2D eigenvalue weighted by atomic mass is 16.2. The summed E-state index contributed by atoms with van der Waals surface area (Å²) in [7, 11) is 0. The summed E-state index contributed by atoms with van der Waals surface area (Å²) in [6.45, 7) is 5.47. The lowest BCUT2D eigenvalue weighted by Crippen LogP contribution is -2.48. The van der Waals surface area contributed by atoms with Gasteiger partial charge in [0.15, 0.2) is 0 Å². The maximum absolute atomic E-state index is 12.3. The van der Waals surface area contributed by atoms with Crippen LogP contribution in [0.4, 0.5) is 0 Å². The van der Waals surface area contributed by atoms with Gasteiger partial charge in [-0.15, -0.1) is 0 Å². The van der Waals surface area contributed by atoms with Crippen molar-refractivity contribution in [2.24, 2.45) is 11.7 Å². The van der Waals surface area contributed by atoms with Crippen molar-refractivity contribution in [2.75, 3.05) is 6.54 Å². The minimum Gasteiger partial charge on any atom is -0.337 e. The van der Waals surface area contributed by atoms with Crippen LogP contribution in [-0.2, 0) is 17.8 Å². The van der Waals surface area contributed by atoms with Gasteiger partial charge in [-0.2, -0.15) is 0 Å². The van der Waals surface area contributed by atoms with E-state index >= 15 is 0 Å². The van der Waals surface area contributed by atoms with Crippen LogP contribution < -0.4 is 5.73 Å². The standard InChI is InChI=1S/C14H21N3O/c1-3-10(2)13(15)14(18)17-8-6-12-11(9-17)5-4-7-16-12/h4-5,7,10,13H,3,6,8-9,15H2,1-2H3/t10?,13-/m0/s1. The number of amides is 1. The lowest BCUT2D eigenvalue weighted by molar-refractivity contribution is -0.134. The van der Waals surface area contributed by atoms with E-state index in [-0.39, 0.29) is 17.9 Å². The summed E-state index contributed by atoms with van der Waals surface area (Å²) in [4.78, 5) is 18.5. The van der Waals surface area contributed by atoms with Crippen LogP contribution in [0.5, 0.6) is 0 Å². The van der Waals surface area contributed by atoms with Gasteiger partial charge in [0, 0.05) is 31.4 Å². The number of hydrogen-bond donors (Lipinski definition) is 1. The number of carbonyl (C=O) groups is 1. The van der Waals surface area contributed by atoms with Gasteiger partial charge in [-0.1, -0.05) is 26.3 Å². The van der Waals surface area contributed by atoms with Crippen molar-refractivity contribution in [2.45, 2.75) is 39.3 Å². The lowest BCUT2D eigenvalue weighted by Gasteiger charge is -2.31. The van der Waals surface area contributed by atoms with E-state index in [1.807, 2.05) is 24.0 Å². The molecule has 1 aromatic heterocycles. The van der Waals surface area contributed by atoms with E-state index in [4.69, 9.17) is 5.73 Å². The number of rotatable bonds is 3. The van der Waals surface area contributed by atoms with Crippen LogP contribution in [0.25, 0.3) is 0 Å². The Kier molecular flexibility index (Phi) is 3.97. The molecule has 0 spiro atoms. The Morgan fingerprint density at radius 1 is 1.61 bits per heavy atom. The van der Waals surface area contributed by atoms with Crippen molar-refractivity contribution in [1.29, 1.82) is 0 Å². The van der Waals surface area contributed by atoms with Crippen molar-refractivity contribution >= 4 is 5.91 Å². The predicted molar refractivity (Wildman–Crippen MR) is 70.8 cm³/mol. The Morgan fingerprint density at radius 3 is 3.11 bits per heavy atom. The van der Waals surface area contributed by atoms with Gasteiger partial charge in [0.05, 0.1) is 6.04 Å². The average Bonchev–Trinajstić information content (AvgIpc) is 2.44. The zero-order chi connectivity index (χ0) is 13.1. The van der Waals surface area contributed by atoms with E-state index in [9.17, 15) is 4.79 Å². The molecule has 4 heteroatoms. The van der Waals surface area contributed by atoms with E-state index in [2.05, 4.69) is 11.9 Å². The molecular formula is C14H21N3O. The van der Waals surface area contributed by atoms with Crippen LogP contribution in [0.2, 0.25) is 0 Å². The third-order valence-corrected chi connectivity index (χ3v) is 3.82. The second-order valence-electron chi connectivity index (χ2n) is 5.03. The van der Waals surface area contributed by atoms with Crippen molar-refractivity contribution in [3.8, 4) is 0 Å². The van der Waals surface area contributed by atoms with Gasteiger partial charge in [0.1, 0.15) is 0 Å². The largest absolute Gasteiger partial charge is 0.337 e. The summed E-state index contributed by atoms with van der Waals surface area (Å²) in [5.41, 5.74) is 8.27. The molecule has 1 amide bonds. The Labute approximate surface area is 108 Å². The zero-order valence-corrected chi connectivity index (χ0v) is 11.1. The van der Waals surface area contributed by atoms with Gasteiger partial charge in [0.25, 0.3) is 0 Å². The molecule has 2 heterocycles. The van der Waals surface area contributed by atoms with Crippen LogP contribution in [0.1, 0.15) is 31.5 Å². The quantitative estimate of drug-likeness (QED) is 0.877. The van der Waals surface area contributed by atoms with Crippen LogP contribution in [0.15, 0.2) is 18.3 Å². The van der Waals surface area contributed by atoms with Crippen molar-refractivity contribution in [3.63, 3.8) is 0 Å². The molecule has 1 aliphatic heterocycles. The summed E-state index contributed by atoms with van der Waals surface area (Å²) in [6.07, 6.45) is 3.56. The molecule has 1 aromatic rings. The number of nitrogens with two attached hydrogens (primary N) is 1. The summed E-state index contributed by atoms with van der Waals surface area (Å²) in [5, 5.41) is 0. The Hall–Kier alpha value is -1.42. The molecule has 0 aliphatic carbocycles. The Balaban J connectivity index is 2.07. The maximum Gasteiger partial charge on any atom is 0.240 e. The first-order valence-corrected chi connectivity index (χ1v) is 6.60. The predicted octanol–water partition coefficient (Wildman–Crippen LogP) is 1.34. The number of hydrogen-bond acceptors (Lipinski definition) is 3. The average molecular weight is 247 g/mol. The molecule has 0 radical (unpaired) electrons. The summed E-state index contributed by atoms with van der Waals surface area (Å²) >= 11 is 0. The maximum atomic E-state index is 12.3. The molecule has 0 aromatic carbocycles. The highest BCUT2D eigenvalue weighted by molar-refractivity contribution is 5.82. The zero-order valence-electron chi connectivity index (χ0n) is 11.1. The van der Waals surface area contributed by atoms with Crippen LogP contribution >= 0.6 is 0 Å². The molecule has 0 saturated carbocycles. The molecule has 98 valence electrons. The lowest BCUT2D eigenvalue weighted by atomic mass is 9.97. The summed E-state index contributed by atoms with van der Waals surface area (Å²) in [5.74, 6) is 0.298. The first kappa shape index (κ1) is 13.0. The number of fused-ring (bicyclic) bond motifs is 1. The number of carbonyl (C=O) groups excluding carboxylic acids is 1. The highest BCUT2D eigenvalue weighted by Crippen LogP contribution is 2.18. The molecule has 0 bridgehead atoms. The van der Waals surface area contributed by atoms with Crippen LogP contribution in [0.3, 0.4) is 0 Å². The summed E-state index contributed by atoms with van der Waals surface area (Å²) in [6, 6.07) is 3.58. The topological polar surface area (TPSA) is 59.2 Å². The molecule has 0 fully saturated rings. The van der Waals surface area contributed by atoms with E-state index in [1.54, 1.807) is 6.20 Å². The SMILES string of the molecule is CCC(C)[C@H](N)C(=O)N1CCc2ncccc2C1. The molecule has 18 heavy (non-hydrogen) atoms. The minimum atomic E-state index is -0.381. The van der Waals surface area contributed by atoms with Gasteiger partial charge in [-0.3, -0.25) is 9.78 Å². The first-order chi connectivity index (χ1) is 8.63. The number of aromatic nitrogens is 1. The fourth-order valence-corrected chi connectivity index (χ4v) is 2.26. The molecule has 4 nitrogen and oxygen atoms in total. The van der Waals surface area contributed by atoms with Crippen LogP contribution in [0, 0.1) is 5.92 Å². The smallest absolute Gasteiger partial charge is 0.240 e. The molecule has 2 rings (SSSR count). The highest BCUT2D eigenvalue weighted by Gasteiger charge is 2.27. The molecule has 2 N–H and O–H groups in total. The van der Waals surface area contributed by atoms with E-state index in [1.165, 1.54) is 0 Å². The second-order valence-corrected chi connectivity index (χ2v) is 5.03. The molecular weight excluding hydrogens is 226 g/mol. The summed E-state index contributed by atoms with van der Waals surface area (Å²) < 4.78 is 0.